The Morgan fingerprint density at radius 3 is 2.96 bits per heavy atom. The summed E-state index contributed by atoms with van der Waals surface area (Å²) in [6, 6.07) is 9.15. The summed E-state index contributed by atoms with van der Waals surface area (Å²) in [4.78, 5) is 26.7. The van der Waals surface area contributed by atoms with Gasteiger partial charge in [0.2, 0.25) is 5.91 Å². The molecule has 0 saturated carbocycles. The maximum atomic E-state index is 12.7. The van der Waals surface area contributed by atoms with Gasteiger partial charge in [0.25, 0.3) is 5.91 Å². The Morgan fingerprint density at radius 1 is 1.27 bits per heavy atom. The summed E-state index contributed by atoms with van der Waals surface area (Å²) >= 11 is 3.31. The zero-order valence-corrected chi connectivity index (χ0v) is 16.0. The van der Waals surface area contributed by atoms with Crippen LogP contribution in [0.15, 0.2) is 24.3 Å². The number of hydrogen-bond acceptors (Lipinski definition) is 5. The van der Waals surface area contributed by atoms with Crippen LogP contribution in [0.3, 0.4) is 0 Å². The van der Waals surface area contributed by atoms with Crippen LogP contribution < -0.4 is 15.5 Å². The minimum atomic E-state index is 0.00412. The first-order chi connectivity index (χ1) is 12.7. The van der Waals surface area contributed by atoms with Crippen LogP contribution in [0, 0.1) is 0 Å². The molecule has 0 aliphatic carbocycles. The average molecular weight is 388 g/mol. The number of carbonyl (C=O) groups is 2. The van der Waals surface area contributed by atoms with Gasteiger partial charge in [-0.2, -0.15) is 11.8 Å². The number of carbonyl (C=O) groups excluding carboxylic acids is 2. The quantitative estimate of drug-likeness (QED) is 0.850. The molecule has 2 aromatic rings. The van der Waals surface area contributed by atoms with Gasteiger partial charge < -0.3 is 15.5 Å². The molecular weight excluding hydrogens is 366 g/mol. The third-order valence-corrected chi connectivity index (χ3v) is 7.70. The Kier molecular flexibility index (Phi) is 4.18. The molecule has 2 N–H and O–H groups in total. The highest BCUT2D eigenvalue weighted by atomic mass is 32.2. The van der Waals surface area contributed by atoms with Crippen LogP contribution in [0.2, 0.25) is 0 Å². The number of hydrogen-bond donors (Lipinski definition) is 2. The highest BCUT2D eigenvalue weighted by Gasteiger charge is 2.39. The summed E-state index contributed by atoms with van der Waals surface area (Å²) in [6.45, 7) is 0.765. The number of anilines is 1. The van der Waals surface area contributed by atoms with Gasteiger partial charge >= 0.3 is 0 Å². The zero-order chi connectivity index (χ0) is 17.7. The zero-order valence-electron chi connectivity index (χ0n) is 14.4. The van der Waals surface area contributed by atoms with Crippen molar-refractivity contribution < 1.29 is 9.59 Å². The van der Waals surface area contributed by atoms with Gasteiger partial charge in [-0.15, -0.1) is 11.3 Å². The van der Waals surface area contributed by atoms with Gasteiger partial charge in [-0.1, -0.05) is 0 Å². The van der Waals surface area contributed by atoms with Gasteiger partial charge in [-0.05, 0) is 48.9 Å². The Labute approximate surface area is 160 Å². The first-order valence-electron chi connectivity index (χ1n) is 9.16. The Balaban J connectivity index is 1.36. The van der Waals surface area contributed by atoms with E-state index >= 15 is 0 Å². The van der Waals surface area contributed by atoms with Crippen molar-refractivity contribution in [3.8, 4) is 0 Å². The van der Waals surface area contributed by atoms with Gasteiger partial charge in [-0.25, -0.2) is 0 Å². The van der Waals surface area contributed by atoms with Crippen LogP contribution in [0.4, 0.5) is 5.00 Å². The number of fused-ring (bicyclic) bond motifs is 3. The predicted molar refractivity (Wildman–Crippen MR) is 107 cm³/mol. The van der Waals surface area contributed by atoms with E-state index in [4.69, 9.17) is 0 Å². The lowest BCUT2D eigenvalue weighted by Gasteiger charge is -2.24. The van der Waals surface area contributed by atoms with Crippen molar-refractivity contribution in [1.82, 2.24) is 10.6 Å². The standard InChI is InChI=1S/C19H21N3O2S2/c23-17-10-25-6-5-22(17)18-8-12-7-11(1-4-16(12)26-18)19(24)21-15-9-13-2-3-14(15)20-13/h1,4,7-8,13-15,20H,2-3,5-6,9-10H2,(H,21,24)/t13-,14+,15-/m1/s1. The van der Waals surface area contributed by atoms with Crippen LogP contribution in [0.25, 0.3) is 10.1 Å². The lowest BCUT2D eigenvalue weighted by Crippen LogP contribution is -2.42. The molecule has 3 aliphatic rings. The fraction of sp³-hybridized carbons (Fsp3) is 0.474. The Hall–Kier alpha value is -1.57. The van der Waals surface area contributed by atoms with Gasteiger partial charge in [0, 0.05) is 40.7 Å². The molecule has 2 bridgehead atoms. The summed E-state index contributed by atoms with van der Waals surface area (Å²) in [5, 5.41) is 8.78. The summed E-state index contributed by atoms with van der Waals surface area (Å²) < 4.78 is 1.11. The molecule has 3 saturated heterocycles. The molecule has 5 rings (SSSR count). The maximum Gasteiger partial charge on any atom is 0.251 e. The third-order valence-electron chi connectivity index (χ3n) is 5.63. The van der Waals surface area contributed by atoms with E-state index in [-0.39, 0.29) is 17.9 Å². The van der Waals surface area contributed by atoms with E-state index in [0.717, 1.165) is 40.2 Å². The predicted octanol–water partition coefficient (Wildman–Crippen LogP) is 2.60. The summed E-state index contributed by atoms with van der Waals surface area (Å²) in [6.07, 6.45) is 3.43. The lowest BCUT2D eigenvalue weighted by molar-refractivity contribution is -0.116. The van der Waals surface area contributed by atoms with Crippen LogP contribution in [0.1, 0.15) is 29.6 Å². The van der Waals surface area contributed by atoms with Crippen molar-refractivity contribution in [2.75, 3.05) is 23.0 Å². The highest BCUT2D eigenvalue weighted by Crippen LogP contribution is 2.35. The Morgan fingerprint density at radius 2 is 2.19 bits per heavy atom. The highest BCUT2D eigenvalue weighted by molar-refractivity contribution is 8.00. The van der Waals surface area contributed by atoms with Crippen molar-refractivity contribution in [3.63, 3.8) is 0 Å². The van der Waals surface area contributed by atoms with Crippen molar-refractivity contribution in [2.24, 2.45) is 0 Å². The second kappa shape index (κ2) is 6.55. The number of nitrogens with one attached hydrogen (secondary N) is 2. The molecule has 0 radical (unpaired) electrons. The molecule has 3 aliphatic heterocycles. The molecule has 0 spiro atoms. The van der Waals surface area contributed by atoms with E-state index in [2.05, 4.69) is 10.6 Å². The van der Waals surface area contributed by atoms with Crippen LogP contribution in [0.5, 0.6) is 0 Å². The van der Waals surface area contributed by atoms with Crippen molar-refractivity contribution in [3.05, 3.63) is 29.8 Å². The van der Waals surface area contributed by atoms with Gasteiger partial charge in [0.05, 0.1) is 10.8 Å². The molecule has 7 heteroatoms. The van der Waals surface area contributed by atoms with E-state index in [1.807, 2.05) is 29.2 Å². The number of rotatable bonds is 3. The van der Waals surface area contributed by atoms with Crippen LogP contribution in [-0.2, 0) is 4.79 Å². The molecule has 3 atom stereocenters. The maximum absolute atomic E-state index is 12.7. The molecule has 26 heavy (non-hydrogen) atoms. The smallest absolute Gasteiger partial charge is 0.251 e. The summed E-state index contributed by atoms with van der Waals surface area (Å²) in [5.74, 6) is 1.71. The topological polar surface area (TPSA) is 61.4 Å². The number of amides is 2. The van der Waals surface area contributed by atoms with E-state index < -0.39 is 0 Å². The molecule has 0 unspecified atom stereocenters. The molecular formula is C19H21N3O2S2. The van der Waals surface area contributed by atoms with E-state index in [1.54, 1.807) is 23.1 Å². The number of benzene rings is 1. The normalized spacial score (nSPS) is 28.1. The largest absolute Gasteiger partial charge is 0.348 e. The van der Waals surface area contributed by atoms with Gasteiger partial charge in [0.1, 0.15) is 0 Å². The lowest BCUT2D eigenvalue weighted by atomic mass is 9.95. The number of thiophene rings is 1. The monoisotopic (exact) mass is 387 g/mol. The van der Waals surface area contributed by atoms with Gasteiger partial charge in [-0.3, -0.25) is 9.59 Å². The molecule has 4 heterocycles. The molecule has 136 valence electrons. The molecule has 1 aromatic carbocycles. The summed E-state index contributed by atoms with van der Waals surface area (Å²) in [7, 11) is 0. The second-order valence-electron chi connectivity index (χ2n) is 7.30. The average Bonchev–Trinajstić information content (AvgIpc) is 3.36. The molecule has 3 fully saturated rings. The third kappa shape index (κ3) is 2.92. The second-order valence-corrected chi connectivity index (χ2v) is 9.47. The minimum absolute atomic E-state index is 0.00412. The van der Waals surface area contributed by atoms with Crippen molar-refractivity contribution in [2.45, 2.75) is 37.4 Å². The molecule has 2 amide bonds. The fourth-order valence-electron chi connectivity index (χ4n) is 4.29. The van der Waals surface area contributed by atoms with Crippen LogP contribution >= 0.6 is 23.1 Å². The van der Waals surface area contributed by atoms with Crippen LogP contribution in [-0.4, -0.2) is 48.0 Å². The first-order valence-corrected chi connectivity index (χ1v) is 11.1. The SMILES string of the molecule is O=C(N[C@@H]1C[C@H]2CC[C@@H]1N2)c1ccc2sc(N3CCSCC3=O)cc2c1. The van der Waals surface area contributed by atoms with Crippen molar-refractivity contribution >= 4 is 50.0 Å². The van der Waals surface area contributed by atoms with Crippen molar-refractivity contribution in [1.29, 1.82) is 0 Å². The number of thioether (sulfide) groups is 1. The molecule has 5 nitrogen and oxygen atoms in total. The van der Waals surface area contributed by atoms with Gasteiger partial charge in [0.15, 0.2) is 0 Å². The Bertz CT molecular complexity index is 881. The van der Waals surface area contributed by atoms with E-state index in [0.29, 0.717) is 23.4 Å². The number of nitrogens with zero attached hydrogens (tertiary/aromatic N) is 1. The minimum Gasteiger partial charge on any atom is -0.348 e. The molecule has 1 aromatic heterocycles. The first kappa shape index (κ1) is 16.6. The summed E-state index contributed by atoms with van der Waals surface area (Å²) in [5.41, 5.74) is 0.699. The van der Waals surface area contributed by atoms with E-state index in [1.165, 1.54) is 6.42 Å². The van der Waals surface area contributed by atoms with E-state index in [9.17, 15) is 9.59 Å². The fourth-order valence-corrected chi connectivity index (χ4v) is 6.16.